The van der Waals surface area contributed by atoms with Gasteiger partial charge in [-0.3, -0.25) is 4.72 Å². The van der Waals surface area contributed by atoms with E-state index in [1.807, 2.05) is 25.1 Å². The van der Waals surface area contributed by atoms with Gasteiger partial charge < -0.3 is 4.98 Å². The monoisotopic (exact) mass is 397 g/mol. The van der Waals surface area contributed by atoms with Crippen molar-refractivity contribution in [1.82, 2.24) is 9.97 Å². The van der Waals surface area contributed by atoms with Crippen LogP contribution in [-0.4, -0.2) is 18.4 Å². The highest BCUT2D eigenvalue weighted by Crippen LogP contribution is 2.28. The average molecular weight is 398 g/mol. The van der Waals surface area contributed by atoms with Gasteiger partial charge in [-0.2, -0.15) is 0 Å². The minimum atomic E-state index is -3.62. The first kappa shape index (κ1) is 17.6. The third-order valence-corrected chi connectivity index (χ3v) is 5.98. The lowest BCUT2D eigenvalue weighted by Crippen LogP contribution is -2.12. The van der Waals surface area contributed by atoms with Gasteiger partial charge in [0.05, 0.1) is 9.92 Å². The van der Waals surface area contributed by atoms with E-state index in [1.54, 1.807) is 48.7 Å². The fraction of sp³-hybridized carbons (Fsp3) is 0.0500. The van der Waals surface area contributed by atoms with E-state index in [-0.39, 0.29) is 4.90 Å². The van der Waals surface area contributed by atoms with Crippen LogP contribution in [0.5, 0.6) is 0 Å². The number of sulfonamides is 1. The van der Waals surface area contributed by atoms with Crippen molar-refractivity contribution < 1.29 is 8.42 Å². The van der Waals surface area contributed by atoms with Gasteiger partial charge in [-0.15, -0.1) is 0 Å². The molecule has 0 spiro atoms. The Morgan fingerprint density at radius 3 is 2.37 bits per heavy atom. The maximum Gasteiger partial charge on any atom is 0.261 e. The molecule has 0 bridgehead atoms. The van der Waals surface area contributed by atoms with Crippen molar-refractivity contribution in [2.45, 2.75) is 11.8 Å². The lowest BCUT2D eigenvalue weighted by atomic mass is 10.1. The second kappa shape index (κ2) is 6.72. The van der Waals surface area contributed by atoms with E-state index in [9.17, 15) is 8.42 Å². The lowest BCUT2D eigenvalue weighted by molar-refractivity contribution is 0.601. The van der Waals surface area contributed by atoms with Crippen LogP contribution in [0.3, 0.4) is 0 Å². The molecule has 4 rings (SSSR count). The lowest BCUT2D eigenvalue weighted by Gasteiger charge is -2.09. The zero-order valence-corrected chi connectivity index (χ0v) is 16.0. The number of nitrogens with zero attached hydrogens (tertiary/aromatic N) is 1. The molecule has 0 atom stereocenters. The summed E-state index contributed by atoms with van der Waals surface area (Å²) < 4.78 is 27.6. The molecule has 2 aromatic carbocycles. The number of aromatic nitrogens is 2. The summed E-state index contributed by atoms with van der Waals surface area (Å²) in [6, 6.07) is 17.5. The number of pyridine rings is 1. The summed E-state index contributed by atoms with van der Waals surface area (Å²) in [5.41, 5.74) is 3.97. The van der Waals surface area contributed by atoms with Crippen LogP contribution in [0.15, 0.2) is 71.8 Å². The standard InChI is InChI=1S/C20H16ClN3O2S/c1-13-2-8-16(9-3-13)27(25,26)24-15-6-4-14(5-7-15)19-12-17-18(21)10-11-22-20(17)23-19/h2-12,24H,1H3,(H,22,23). The molecule has 5 nitrogen and oxygen atoms in total. The quantitative estimate of drug-likeness (QED) is 0.509. The molecule has 0 aliphatic carbocycles. The van der Waals surface area contributed by atoms with Crippen molar-refractivity contribution in [3.8, 4) is 11.3 Å². The molecule has 4 aromatic rings. The highest BCUT2D eigenvalue weighted by molar-refractivity contribution is 7.92. The molecule has 0 fully saturated rings. The van der Waals surface area contributed by atoms with Gasteiger partial charge in [0.15, 0.2) is 0 Å². The van der Waals surface area contributed by atoms with Gasteiger partial charge in [0, 0.05) is 23.0 Å². The van der Waals surface area contributed by atoms with E-state index in [4.69, 9.17) is 11.6 Å². The molecule has 0 unspecified atom stereocenters. The number of hydrogen-bond donors (Lipinski definition) is 2. The highest BCUT2D eigenvalue weighted by Gasteiger charge is 2.14. The molecule has 0 amide bonds. The van der Waals surface area contributed by atoms with Crippen molar-refractivity contribution in [2.75, 3.05) is 4.72 Å². The fourth-order valence-electron chi connectivity index (χ4n) is 2.80. The number of benzene rings is 2. The summed E-state index contributed by atoms with van der Waals surface area (Å²) in [5, 5.41) is 1.48. The van der Waals surface area contributed by atoms with Gasteiger partial charge in [-0.25, -0.2) is 13.4 Å². The molecule has 0 aliphatic rings. The Labute approximate surface area is 162 Å². The van der Waals surface area contributed by atoms with Crippen LogP contribution in [0, 0.1) is 6.92 Å². The number of rotatable bonds is 4. The molecule has 2 N–H and O–H groups in total. The first-order chi connectivity index (χ1) is 12.9. The minimum Gasteiger partial charge on any atom is -0.339 e. The summed E-state index contributed by atoms with van der Waals surface area (Å²) in [7, 11) is -3.62. The summed E-state index contributed by atoms with van der Waals surface area (Å²) in [6.07, 6.45) is 1.65. The van der Waals surface area contributed by atoms with Crippen molar-refractivity contribution in [3.63, 3.8) is 0 Å². The summed E-state index contributed by atoms with van der Waals surface area (Å²) in [6.45, 7) is 1.91. The molecule has 0 saturated heterocycles. The Morgan fingerprint density at radius 1 is 1.00 bits per heavy atom. The number of halogens is 1. The maximum atomic E-state index is 12.5. The molecule has 7 heteroatoms. The predicted molar refractivity (Wildman–Crippen MR) is 109 cm³/mol. The van der Waals surface area contributed by atoms with Crippen molar-refractivity contribution >= 4 is 38.3 Å². The average Bonchev–Trinajstić information content (AvgIpc) is 3.08. The molecular weight excluding hydrogens is 382 g/mol. The van der Waals surface area contributed by atoms with Gasteiger partial charge in [-0.1, -0.05) is 41.4 Å². The normalized spacial score (nSPS) is 11.6. The van der Waals surface area contributed by atoms with Crippen LogP contribution in [0.2, 0.25) is 5.02 Å². The SMILES string of the molecule is Cc1ccc(S(=O)(=O)Nc2ccc(-c3cc4c(Cl)ccnc4[nH]3)cc2)cc1. The van der Waals surface area contributed by atoms with Crippen LogP contribution < -0.4 is 4.72 Å². The molecule has 0 radical (unpaired) electrons. The topological polar surface area (TPSA) is 74.8 Å². The van der Waals surface area contributed by atoms with Crippen LogP contribution in [0.1, 0.15) is 5.56 Å². The first-order valence-electron chi connectivity index (χ1n) is 8.25. The van der Waals surface area contributed by atoms with E-state index in [0.717, 1.165) is 22.2 Å². The van der Waals surface area contributed by atoms with E-state index in [1.165, 1.54) is 0 Å². The van der Waals surface area contributed by atoms with Gasteiger partial charge >= 0.3 is 0 Å². The van der Waals surface area contributed by atoms with E-state index < -0.39 is 10.0 Å². The van der Waals surface area contributed by atoms with Crippen LogP contribution in [-0.2, 0) is 10.0 Å². The van der Waals surface area contributed by atoms with Crippen molar-refractivity contribution in [1.29, 1.82) is 0 Å². The summed E-state index contributed by atoms with van der Waals surface area (Å²) in [4.78, 5) is 7.71. The van der Waals surface area contributed by atoms with Crippen LogP contribution in [0.25, 0.3) is 22.3 Å². The molecular formula is C20H16ClN3O2S. The Kier molecular flexibility index (Phi) is 4.37. The Hall–Kier alpha value is -2.83. The second-order valence-corrected chi connectivity index (χ2v) is 8.32. The summed E-state index contributed by atoms with van der Waals surface area (Å²) >= 11 is 6.19. The Balaban J connectivity index is 1.60. The largest absolute Gasteiger partial charge is 0.339 e. The minimum absolute atomic E-state index is 0.230. The fourth-order valence-corrected chi connectivity index (χ4v) is 4.06. The van der Waals surface area contributed by atoms with Gasteiger partial charge in [0.1, 0.15) is 5.65 Å². The maximum absolute atomic E-state index is 12.5. The number of hydrogen-bond acceptors (Lipinski definition) is 3. The first-order valence-corrected chi connectivity index (χ1v) is 10.1. The van der Waals surface area contributed by atoms with E-state index >= 15 is 0 Å². The molecule has 2 heterocycles. The van der Waals surface area contributed by atoms with E-state index in [2.05, 4.69) is 14.7 Å². The van der Waals surface area contributed by atoms with Gasteiger partial charge in [-0.05, 0) is 48.9 Å². The van der Waals surface area contributed by atoms with Crippen molar-refractivity contribution in [2.24, 2.45) is 0 Å². The zero-order chi connectivity index (χ0) is 19.0. The molecule has 136 valence electrons. The van der Waals surface area contributed by atoms with Crippen LogP contribution in [0.4, 0.5) is 5.69 Å². The second-order valence-electron chi connectivity index (χ2n) is 6.23. The van der Waals surface area contributed by atoms with Gasteiger partial charge in [0.25, 0.3) is 10.0 Å². The number of fused-ring (bicyclic) bond motifs is 1. The number of H-pyrrole nitrogens is 1. The summed E-state index contributed by atoms with van der Waals surface area (Å²) in [5.74, 6) is 0. The van der Waals surface area contributed by atoms with Crippen LogP contribution >= 0.6 is 11.6 Å². The number of aryl methyl sites for hydroxylation is 1. The smallest absolute Gasteiger partial charge is 0.261 e. The number of nitrogens with one attached hydrogen (secondary N) is 2. The third-order valence-electron chi connectivity index (χ3n) is 4.26. The molecule has 0 saturated carbocycles. The highest BCUT2D eigenvalue weighted by atomic mass is 35.5. The molecule has 27 heavy (non-hydrogen) atoms. The van der Waals surface area contributed by atoms with E-state index in [0.29, 0.717) is 16.4 Å². The molecule has 2 aromatic heterocycles. The Morgan fingerprint density at radius 2 is 1.70 bits per heavy atom. The van der Waals surface area contributed by atoms with Crippen molar-refractivity contribution in [3.05, 3.63) is 77.4 Å². The third kappa shape index (κ3) is 3.54. The zero-order valence-electron chi connectivity index (χ0n) is 14.4. The molecule has 0 aliphatic heterocycles. The number of aromatic amines is 1. The number of anilines is 1. The predicted octanol–water partition coefficient (Wildman–Crippen LogP) is 4.99. The Bertz CT molecular complexity index is 1210. The van der Waals surface area contributed by atoms with Gasteiger partial charge in [0.2, 0.25) is 0 Å².